The Labute approximate surface area is 124 Å². The van der Waals surface area contributed by atoms with Crippen molar-refractivity contribution in [2.45, 2.75) is 37.6 Å². The van der Waals surface area contributed by atoms with Crippen molar-refractivity contribution in [3.05, 3.63) is 29.3 Å². The third kappa shape index (κ3) is 3.87. The lowest BCUT2D eigenvalue weighted by Crippen LogP contribution is -2.51. The molecule has 1 aromatic carbocycles. The summed E-state index contributed by atoms with van der Waals surface area (Å²) in [5, 5.41) is 3.62. The molecule has 1 aliphatic rings. The van der Waals surface area contributed by atoms with Gasteiger partial charge in [-0.2, -0.15) is 0 Å². The molecular weight excluding hydrogens is 276 g/mol. The largest absolute Gasteiger partial charge is 0.491 e. The highest BCUT2D eigenvalue weighted by molar-refractivity contribution is 6.32. The highest BCUT2D eigenvalue weighted by Gasteiger charge is 2.33. The molecule has 0 saturated heterocycles. The Kier molecular flexibility index (Phi) is 5.26. The highest BCUT2D eigenvalue weighted by atomic mass is 35.5. The molecule has 0 aliphatic heterocycles. The Morgan fingerprint density at radius 2 is 2.05 bits per heavy atom. The van der Waals surface area contributed by atoms with Crippen molar-refractivity contribution >= 4 is 17.5 Å². The van der Waals surface area contributed by atoms with Crippen molar-refractivity contribution < 1.29 is 9.53 Å². The number of carbonyl (C=O) groups is 1. The molecule has 0 heterocycles. The van der Waals surface area contributed by atoms with Gasteiger partial charge in [-0.15, -0.1) is 0 Å². The third-order valence-electron chi connectivity index (χ3n) is 3.78. The van der Waals surface area contributed by atoms with E-state index in [1.54, 1.807) is 12.1 Å². The molecule has 0 radical (unpaired) electrons. The SMILES string of the molecule is NCC1(NC(=O)CCOc2ccccc2Cl)CCCC1. The van der Waals surface area contributed by atoms with Crippen LogP contribution in [0, 0.1) is 0 Å². The Morgan fingerprint density at radius 1 is 1.35 bits per heavy atom. The number of nitrogens with one attached hydrogen (secondary N) is 1. The maximum atomic E-state index is 12.0. The van der Waals surface area contributed by atoms with Gasteiger partial charge in [0, 0.05) is 6.54 Å². The lowest BCUT2D eigenvalue weighted by atomic mass is 9.98. The molecule has 0 atom stereocenters. The van der Waals surface area contributed by atoms with Gasteiger partial charge in [-0.05, 0) is 25.0 Å². The van der Waals surface area contributed by atoms with E-state index in [2.05, 4.69) is 5.32 Å². The van der Waals surface area contributed by atoms with E-state index in [-0.39, 0.29) is 11.4 Å². The lowest BCUT2D eigenvalue weighted by Gasteiger charge is -2.28. The van der Waals surface area contributed by atoms with Crippen LogP contribution in [-0.2, 0) is 4.79 Å². The first-order valence-corrected chi connectivity index (χ1v) is 7.41. The zero-order valence-electron chi connectivity index (χ0n) is 11.5. The smallest absolute Gasteiger partial charge is 0.223 e. The minimum absolute atomic E-state index is 0.00981. The van der Waals surface area contributed by atoms with Gasteiger partial charge in [0.1, 0.15) is 5.75 Å². The van der Waals surface area contributed by atoms with E-state index in [0.717, 1.165) is 25.7 Å². The quantitative estimate of drug-likeness (QED) is 0.848. The monoisotopic (exact) mass is 296 g/mol. The molecule has 5 heteroatoms. The van der Waals surface area contributed by atoms with Crippen LogP contribution in [0.1, 0.15) is 32.1 Å². The zero-order valence-corrected chi connectivity index (χ0v) is 12.3. The summed E-state index contributed by atoms with van der Waals surface area (Å²) in [6, 6.07) is 7.24. The van der Waals surface area contributed by atoms with Crippen LogP contribution in [0.15, 0.2) is 24.3 Å². The fraction of sp³-hybridized carbons (Fsp3) is 0.533. The Bertz CT molecular complexity index is 459. The van der Waals surface area contributed by atoms with E-state index < -0.39 is 0 Å². The van der Waals surface area contributed by atoms with Gasteiger partial charge in [-0.1, -0.05) is 36.6 Å². The predicted molar refractivity (Wildman–Crippen MR) is 80.0 cm³/mol. The van der Waals surface area contributed by atoms with Crippen molar-refractivity contribution in [2.24, 2.45) is 5.73 Å². The number of hydrogen-bond acceptors (Lipinski definition) is 3. The van der Waals surface area contributed by atoms with Crippen molar-refractivity contribution in [1.29, 1.82) is 0 Å². The van der Waals surface area contributed by atoms with Crippen LogP contribution >= 0.6 is 11.6 Å². The summed E-state index contributed by atoms with van der Waals surface area (Å²) in [5.74, 6) is 0.598. The van der Waals surface area contributed by atoms with Gasteiger partial charge < -0.3 is 15.8 Å². The highest BCUT2D eigenvalue weighted by Crippen LogP contribution is 2.28. The van der Waals surface area contributed by atoms with Crippen LogP contribution in [0.2, 0.25) is 5.02 Å². The topological polar surface area (TPSA) is 64.3 Å². The minimum Gasteiger partial charge on any atom is -0.491 e. The standard InChI is InChI=1S/C15H21ClN2O2/c16-12-5-1-2-6-13(12)20-10-7-14(19)18-15(11-17)8-3-4-9-15/h1-2,5-6H,3-4,7-11,17H2,(H,18,19). The fourth-order valence-electron chi connectivity index (χ4n) is 2.61. The number of rotatable bonds is 6. The Hall–Kier alpha value is -1.26. The summed E-state index contributed by atoms with van der Waals surface area (Å²) in [6.45, 7) is 0.820. The second-order valence-corrected chi connectivity index (χ2v) is 5.68. The first-order chi connectivity index (χ1) is 9.65. The number of nitrogens with two attached hydrogens (primary N) is 1. The molecule has 3 N–H and O–H groups in total. The van der Waals surface area contributed by atoms with Crippen LogP contribution in [-0.4, -0.2) is 24.6 Å². The summed E-state index contributed by atoms with van der Waals surface area (Å²) < 4.78 is 5.51. The van der Waals surface area contributed by atoms with Crippen LogP contribution in [0.4, 0.5) is 0 Å². The molecule has 1 aliphatic carbocycles. The predicted octanol–water partition coefficient (Wildman–Crippen LogP) is 2.50. The van der Waals surface area contributed by atoms with E-state index >= 15 is 0 Å². The number of carbonyl (C=O) groups excluding carboxylic acids is 1. The van der Waals surface area contributed by atoms with Crippen LogP contribution in [0.25, 0.3) is 0 Å². The van der Waals surface area contributed by atoms with Crippen molar-refractivity contribution in [1.82, 2.24) is 5.32 Å². The van der Waals surface area contributed by atoms with Gasteiger partial charge in [0.2, 0.25) is 5.91 Å². The van der Waals surface area contributed by atoms with E-state index in [4.69, 9.17) is 22.1 Å². The molecule has 0 spiro atoms. The molecule has 0 aromatic heterocycles. The first kappa shape index (κ1) is 15.1. The van der Waals surface area contributed by atoms with Gasteiger partial charge in [0.25, 0.3) is 0 Å². The van der Waals surface area contributed by atoms with E-state index in [1.165, 1.54) is 0 Å². The van der Waals surface area contributed by atoms with Gasteiger partial charge in [-0.3, -0.25) is 4.79 Å². The van der Waals surface area contributed by atoms with E-state index in [9.17, 15) is 4.79 Å². The maximum Gasteiger partial charge on any atom is 0.223 e. The molecule has 1 saturated carbocycles. The normalized spacial score (nSPS) is 16.9. The molecule has 20 heavy (non-hydrogen) atoms. The molecule has 0 unspecified atom stereocenters. The van der Waals surface area contributed by atoms with Crippen LogP contribution in [0.3, 0.4) is 0 Å². The van der Waals surface area contributed by atoms with Gasteiger partial charge in [0.15, 0.2) is 0 Å². The molecule has 1 fully saturated rings. The van der Waals surface area contributed by atoms with Gasteiger partial charge in [-0.25, -0.2) is 0 Å². The summed E-state index contributed by atoms with van der Waals surface area (Å²) in [7, 11) is 0. The Balaban J connectivity index is 1.77. The second-order valence-electron chi connectivity index (χ2n) is 5.27. The second kappa shape index (κ2) is 6.95. The lowest BCUT2D eigenvalue weighted by molar-refractivity contribution is -0.123. The van der Waals surface area contributed by atoms with E-state index in [1.807, 2.05) is 12.1 Å². The fourth-order valence-corrected chi connectivity index (χ4v) is 2.80. The summed E-state index contributed by atoms with van der Waals surface area (Å²) in [6.07, 6.45) is 4.52. The van der Waals surface area contributed by atoms with Crippen molar-refractivity contribution in [3.8, 4) is 5.75 Å². The maximum absolute atomic E-state index is 12.0. The summed E-state index contributed by atoms with van der Waals surface area (Å²) >= 11 is 5.98. The number of halogens is 1. The van der Waals surface area contributed by atoms with Crippen LogP contribution < -0.4 is 15.8 Å². The zero-order chi connectivity index (χ0) is 14.4. The number of amides is 1. The molecule has 2 rings (SSSR count). The average molecular weight is 297 g/mol. The average Bonchev–Trinajstić information content (AvgIpc) is 2.90. The Morgan fingerprint density at radius 3 is 2.70 bits per heavy atom. The van der Waals surface area contributed by atoms with Crippen molar-refractivity contribution in [3.63, 3.8) is 0 Å². The molecule has 0 bridgehead atoms. The molecule has 1 aromatic rings. The third-order valence-corrected chi connectivity index (χ3v) is 4.09. The van der Waals surface area contributed by atoms with Gasteiger partial charge in [0.05, 0.1) is 23.6 Å². The number of hydrogen-bond donors (Lipinski definition) is 2. The van der Waals surface area contributed by atoms with Gasteiger partial charge >= 0.3 is 0 Å². The summed E-state index contributed by atoms with van der Waals surface area (Å²) in [4.78, 5) is 12.0. The molecule has 1 amide bonds. The molecular formula is C15H21ClN2O2. The minimum atomic E-state index is -0.193. The van der Waals surface area contributed by atoms with Crippen molar-refractivity contribution in [2.75, 3.05) is 13.2 Å². The number of benzene rings is 1. The summed E-state index contributed by atoms with van der Waals surface area (Å²) in [5.41, 5.74) is 5.60. The molecule has 110 valence electrons. The first-order valence-electron chi connectivity index (χ1n) is 7.04. The van der Waals surface area contributed by atoms with Crippen LogP contribution in [0.5, 0.6) is 5.75 Å². The number of ether oxygens (including phenoxy) is 1. The molecule has 4 nitrogen and oxygen atoms in total. The number of para-hydroxylation sites is 1. The van der Waals surface area contributed by atoms with E-state index in [0.29, 0.717) is 30.3 Å².